The number of amides is 1. The van der Waals surface area contributed by atoms with Crippen LogP contribution in [0.1, 0.15) is 48.2 Å². The average molecular weight is 597 g/mol. The van der Waals surface area contributed by atoms with Crippen molar-refractivity contribution in [2.24, 2.45) is 5.92 Å². The summed E-state index contributed by atoms with van der Waals surface area (Å²) in [6.45, 7) is 3.40. The second kappa shape index (κ2) is 12.2. The molecule has 2 fully saturated rings. The van der Waals surface area contributed by atoms with Gasteiger partial charge in [0, 0.05) is 31.9 Å². The number of halogens is 3. The van der Waals surface area contributed by atoms with Crippen LogP contribution in [0.4, 0.5) is 14.5 Å². The van der Waals surface area contributed by atoms with E-state index in [1.165, 1.54) is 6.07 Å². The maximum atomic E-state index is 13.9. The average Bonchev–Trinajstić information content (AvgIpc) is 3.29. The van der Waals surface area contributed by atoms with Crippen LogP contribution in [-0.2, 0) is 11.3 Å². The maximum Gasteiger partial charge on any atom is 0.333 e. The number of benzene rings is 1. The highest BCUT2D eigenvalue weighted by molar-refractivity contribution is 6.30. The van der Waals surface area contributed by atoms with Gasteiger partial charge in [0.15, 0.2) is 0 Å². The molecule has 42 heavy (non-hydrogen) atoms. The summed E-state index contributed by atoms with van der Waals surface area (Å²) in [6.07, 6.45) is 4.66. The second-order valence-electron chi connectivity index (χ2n) is 10.8. The molecule has 1 aliphatic carbocycles. The quantitative estimate of drug-likeness (QED) is 0.323. The monoisotopic (exact) mass is 596 g/mol. The number of carbonyl (C=O) groups is 1. The highest BCUT2D eigenvalue weighted by Gasteiger charge is 2.27. The zero-order chi connectivity index (χ0) is 29.2. The van der Waals surface area contributed by atoms with E-state index in [2.05, 4.69) is 20.2 Å². The summed E-state index contributed by atoms with van der Waals surface area (Å²) < 4.78 is 35.8. The van der Waals surface area contributed by atoms with E-state index in [1.54, 1.807) is 10.8 Å². The standard InChI is InChI=1S/C30H31ClF2N6O3/c31-20-13-24(27(28(32)33)35-15-20)29(40)36-21-7-5-19(6-8-21)18-38-25-3-1-2-4-26(25)39(30(38)41)23-14-22(16-34-17-23)37-9-11-42-12-10-37/h1-4,13-17,19,21,28H,5-12,18H2,(H,36,40). The Morgan fingerprint density at radius 2 is 1.74 bits per heavy atom. The molecule has 6 rings (SSSR count). The lowest BCUT2D eigenvalue weighted by Crippen LogP contribution is -2.39. The number of alkyl halides is 2. The molecular weight excluding hydrogens is 566 g/mol. The Bertz CT molecular complexity index is 1640. The van der Waals surface area contributed by atoms with Gasteiger partial charge in [0.25, 0.3) is 12.3 Å². The first-order valence-corrected chi connectivity index (χ1v) is 14.5. The lowest BCUT2D eigenvalue weighted by molar-refractivity contribution is 0.0904. The fraction of sp³-hybridized carbons (Fsp3) is 0.400. The molecule has 12 heteroatoms. The maximum absolute atomic E-state index is 13.9. The Kier molecular flexibility index (Phi) is 8.21. The summed E-state index contributed by atoms with van der Waals surface area (Å²) >= 11 is 5.92. The van der Waals surface area contributed by atoms with Gasteiger partial charge < -0.3 is 15.0 Å². The van der Waals surface area contributed by atoms with Gasteiger partial charge in [-0.3, -0.25) is 23.9 Å². The summed E-state index contributed by atoms with van der Waals surface area (Å²) in [4.78, 5) is 37.0. The molecule has 0 spiro atoms. The highest BCUT2D eigenvalue weighted by atomic mass is 35.5. The van der Waals surface area contributed by atoms with E-state index in [9.17, 15) is 18.4 Å². The van der Waals surface area contributed by atoms with Gasteiger partial charge in [-0.25, -0.2) is 13.6 Å². The first-order valence-electron chi connectivity index (χ1n) is 14.1. The lowest BCUT2D eigenvalue weighted by atomic mass is 9.85. The van der Waals surface area contributed by atoms with Gasteiger partial charge in [0.2, 0.25) is 0 Å². The van der Waals surface area contributed by atoms with Gasteiger partial charge in [-0.15, -0.1) is 0 Å². The molecule has 9 nitrogen and oxygen atoms in total. The summed E-state index contributed by atoms with van der Waals surface area (Å²) in [5, 5.41) is 3.01. The van der Waals surface area contributed by atoms with Crippen LogP contribution in [0.3, 0.4) is 0 Å². The van der Waals surface area contributed by atoms with Crippen LogP contribution in [0.15, 0.2) is 59.8 Å². The van der Waals surface area contributed by atoms with Crippen molar-refractivity contribution in [1.29, 1.82) is 0 Å². The number of hydrogen-bond acceptors (Lipinski definition) is 6. The van der Waals surface area contributed by atoms with Crippen molar-refractivity contribution in [2.75, 3.05) is 31.2 Å². The van der Waals surface area contributed by atoms with E-state index in [4.69, 9.17) is 16.3 Å². The van der Waals surface area contributed by atoms with Gasteiger partial charge in [0.1, 0.15) is 5.69 Å². The molecule has 1 saturated carbocycles. The molecule has 4 aromatic rings. The zero-order valence-corrected chi connectivity index (χ0v) is 23.6. The minimum atomic E-state index is -2.88. The number of aromatic nitrogens is 4. The fourth-order valence-corrected chi connectivity index (χ4v) is 6.14. The summed E-state index contributed by atoms with van der Waals surface area (Å²) in [5.74, 6) is -0.381. The SMILES string of the molecule is O=C(NC1CCC(Cn2c(=O)n(-c3cncc(N4CCOCC4)c3)c3ccccc32)CC1)c1cc(Cl)cnc1C(F)F. The van der Waals surface area contributed by atoms with Crippen molar-refractivity contribution >= 4 is 34.2 Å². The smallest absolute Gasteiger partial charge is 0.333 e. The molecule has 220 valence electrons. The van der Waals surface area contributed by atoms with E-state index in [-0.39, 0.29) is 28.2 Å². The molecule has 3 aromatic heterocycles. The molecule has 0 radical (unpaired) electrons. The minimum absolute atomic E-state index is 0.125. The number of para-hydroxylation sites is 2. The first kappa shape index (κ1) is 28.3. The van der Waals surface area contributed by atoms with Crippen molar-refractivity contribution < 1.29 is 18.3 Å². The number of imidazole rings is 1. The van der Waals surface area contributed by atoms with Crippen LogP contribution < -0.4 is 15.9 Å². The van der Waals surface area contributed by atoms with E-state index in [0.717, 1.165) is 48.8 Å². The second-order valence-corrected chi connectivity index (χ2v) is 11.2. The number of hydrogen-bond donors (Lipinski definition) is 1. The molecular formula is C30H31ClF2N6O3. The Morgan fingerprint density at radius 3 is 2.48 bits per heavy atom. The normalized spacial score (nSPS) is 19.4. The number of carbonyl (C=O) groups excluding carboxylic acids is 1. The van der Waals surface area contributed by atoms with Crippen LogP contribution in [-0.4, -0.2) is 57.4 Å². The summed E-state index contributed by atoms with van der Waals surface area (Å²) in [6, 6.07) is 10.8. The molecule has 0 bridgehead atoms. The largest absolute Gasteiger partial charge is 0.378 e. The minimum Gasteiger partial charge on any atom is -0.378 e. The lowest BCUT2D eigenvalue weighted by Gasteiger charge is -2.29. The van der Waals surface area contributed by atoms with E-state index in [1.807, 2.05) is 41.1 Å². The molecule has 1 aliphatic heterocycles. The molecule has 0 unspecified atom stereocenters. The number of pyridine rings is 2. The third-order valence-corrected chi connectivity index (χ3v) is 8.35. The summed E-state index contributed by atoms with van der Waals surface area (Å²) in [5.41, 5.74) is 2.42. The van der Waals surface area contributed by atoms with Gasteiger partial charge in [-0.1, -0.05) is 23.7 Å². The van der Waals surface area contributed by atoms with Crippen molar-refractivity contribution in [2.45, 2.75) is 44.7 Å². The fourth-order valence-electron chi connectivity index (χ4n) is 5.98. The van der Waals surface area contributed by atoms with Gasteiger partial charge in [-0.05, 0) is 55.9 Å². The molecule has 1 aromatic carbocycles. The number of anilines is 1. The van der Waals surface area contributed by atoms with Crippen molar-refractivity contribution in [3.8, 4) is 5.69 Å². The Morgan fingerprint density at radius 1 is 1.02 bits per heavy atom. The van der Waals surface area contributed by atoms with Crippen LogP contribution in [0.25, 0.3) is 16.7 Å². The number of nitrogens with one attached hydrogen (secondary N) is 1. The van der Waals surface area contributed by atoms with Gasteiger partial charge >= 0.3 is 5.69 Å². The van der Waals surface area contributed by atoms with E-state index >= 15 is 0 Å². The zero-order valence-electron chi connectivity index (χ0n) is 22.9. The van der Waals surface area contributed by atoms with Crippen LogP contribution >= 0.6 is 11.6 Å². The van der Waals surface area contributed by atoms with Crippen molar-refractivity contribution in [1.82, 2.24) is 24.4 Å². The van der Waals surface area contributed by atoms with Gasteiger partial charge in [0.05, 0.1) is 58.6 Å². The topological polar surface area (TPSA) is 94.3 Å². The van der Waals surface area contributed by atoms with Crippen molar-refractivity contribution in [3.63, 3.8) is 0 Å². The summed E-state index contributed by atoms with van der Waals surface area (Å²) in [7, 11) is 0. The highest BCUT2D eigenvalue weighted by Crippen LogP contribution is 2.29. The van der Waals surface area contributed by atoms with Crippen LogP contribution in [0.2, 0.25) is 5.02 Å². The molecule has 2 aliphatic rings. The number of morpholine rings is 1. The molecule has 0 atom stereocenters. The Hall–Kier alpha value is -3.83. The predicted molar refractivity (Wildman–Crippen MR) is 156 cm³/mol. The van der Waals surface area contributed by atoms with Gasteiger partial charge in [-0.2, -0.15) is 0 Å². The Labute approximate surface area is 246 Å². The predicted octanol–water partition coefficient (Wildman–Crippen LogP) is 5.00. The number of nitrogens with zero attached hydrogens (tertiary/aromatic N) is 5. The number of fused-ring (bicyclic) bond motifs is 1. The number of ether oxygens (including phenoxy) is 1. The molecule has 1 amide bonds. The van der Waals surface area contributed by atoms with E-state index < -0.39 is 18.0 Å². The van der Waals surface area contributed by atoms with Crippen LogP contribution in [0, 0.1) is 5.92 Å². The number of rotatable bonds is 7. The third kappa shape index (κ3) is 5.76. The molecule has 1 N–H and O–H groups in total. The molecule has 4 heterocycles. The van der Waals surface area contributed by atoms with Crippen molar-refractivity contribution in [3.05, 3.63) is 81.8 Å². The van der Waals surface area contributed by atoms with Crippen LogP contribution in [0.5, 0.6) is 0 Å². The molecule has 1 saturated heterocycles. The van der Waals surface area contributed by atoms with E-state index in [0.29, 0.717) is 38.3 Å². The Balaban J connectivity index is 1.17. The third-order valence-electron chi connectivity index (χ3n) is 8.14. The first-order chi connectivity index (χ1) is 20.4.